The summed E-state index contributed by atoms with van der Waals surface area (Å²) >= 11 is 15.2. The Morgan fingerprint density at radius 3 is 2.42 bits per heavy atom. The van der Waals surface area contributed by atoms with Crippen LogP contribution in [-0.4, -0.2) is 17.3 Å². The van der Waals surface area contributed by atoms with Crippen molar-refractivity contribution < 1.29 is 4.79 Å². The third-order valence-corrected chi connectivity index (χ3v) is 4.13. The number of carbonyl (C=O) groups excluding carboxylic acids is 1. The molecule has 0 aliphatic rings. The number of benzene rings is 1. The highest BCUT2D eigenvalue weighted by Gasteiger charge is 2.26. The van der Waals surface area contributed by atoms with Crippen LogP contribution in [-0.2, 0) is 0 Å². The molecule has 0 saturated heterocycles. The predicted octanol–water partition coefficient (Wildman–Crippen LogP) is 4.92. The Morgan fingerprint density at radius 1 is 1.32 bits per heavy atom. The molecule has 0 saturated carbocycles. The summed E-state index contributed by atoms with van der Waals surface area (Å²) in [4.78, 5) is 12.2. The Balaban J connectivity index is 2.84. The highest BCUT2D eigenvalue weighted by molar-refractivity contribution is 9.09. The van der Waals surface area contributed by atoms with Crippen molar-refractivity contribution in [2.24, 2.45) is 5.41 Å². The maximum atomic E-state index is 12.2. The average molecular weight is 367 g/mol. The lowest BCUT2D eigenvalue weighted by Gasteiger charge is -2.31. The number of hydrogen-bond donors (Lipinski definition) is 1. The van der Waals surface area contributed by atoms with E-state index in [1.807, 2.05) is 0 Å². The predicted molar refractivity (Wildman–Crippen MR) is 85.6 cm³/mol. The van der Waals surface area contributed by atoms with Crippen molar-refractivity contribution in [2.75, 3.05) is 5.33 Å². The Morgan fingerprint density at radius 2 is 1.95 bits per heavy atom. The third kappa shape index (κ3) is 4.97. The van der Waals surface area contributed by atoms with Gasteiger partial charge in [-0.2, -0.15) is 0 Å². The van der Waals surface area contributed by atoms with Crippen LogP contribution in [0.15, 0.2) is 18.2 Å². The molecule has 0 radical (unpaired) electrons. The maximum Gasteiger partial charge on any atom is 0.251 e. The zero-order chi connectivity index (χ0) is 14.6. The fourth-order valence-electron chi connectivity index (χ4n) is 1.71. The molecule has 1 atom stereocenters. The molecule has 0 aromatic heterocycles. The summed E-state index contributed by atoms with van der Waals surface area (Å²) < 4.78 is 0. The van der Waals surface area contributed by atoms with Gasteiger partial charge in [-0.1, -0.05) is 59.9 Å². The molecule has 0 heterocycles. The minimum absolute atomic E-state index is 0.000347. The van der Waals surface area contributed by atoms with E-state index in [1.165, 1.54) is 0 Å². The van der Waals surface area contributed by atoms with Crippen LogP contribution in [0.2, 0.25) is 10.0 Å². The van der Waals surface area contributed by atoms with Crippen molar-refractivity contribution in [3.63, 3.8) is 0 Å². The average Bonchev–Trinajstić information content (AvgIpc) is 2.30. The van der Waals surface area contributed by atoms with Gasteiger partial charge in [0, 0.05) is 16.9 Å². The number of carbonyl (C=O) groups is 1. The van der Waals surface area contributed by atoms with Crippen molar-refractivity contribution in [3.8, 4) is 0 Å². The SMILES string of the molecule is CC(C)(C)C(CCBr)NC(=O)c1ccc(Cl)c(Cl)c1. The minimum atomic E-state index is -0.126. The van der Waals surface area contributed by atoms with Gasteiger partial charge in [0.1, 0.15) is 0 Å². The Kier molecular flexibility index (Phi) is 6.15. The topological polar surface area (TPSA) is 29.1 Å². The van der Waals surface area contributed by atoms with Crippen LogP contribution in [0.5, 0.6) is 0 Å². The van der Waals surface area contributed by atoms with Gasteiger partial charge in [0.15, 0.2) is 0 Å². The summed E-state index contributed by atoms with van der Waals surface area (Å²) in [5.74, 6) is -0.126. The molecule has 1 N–H and O–H groups in total. The number of hydrogen-bond acceptors (Lipinski definition) is 1. The van der Waals surface area contributed by atoms with Gasteiger partial charge in [-0.3, -0.25) is 4.79 Å². The summed E-state index contributed by atoms with van der Waals surface area (Å²) in [6, 6.07) is 4.99. The maximum absolute atomic E-state index is 12.2. The first kappa shape index (κ1) is 16.8. The molecule has 0 bridgehead atoms. The van der Waals surface area contributed by atoms with Crippen LogP contribution in [0.1, 0.15) is 37.6 Å². The minimum Gasteiger partial charge on any atom is -0.349 e. The Hall–Kier alpha value is -0.250. The first-order chi connectivity index (χ1) is 8.75. The second kappa shape index (κ2) is 6.96. The number of amides is 1. The molecule has 0 aliphatic carbocycles. The van der Waals surface area contributed by atoms with Gasteiger partial charge in [-0.15, -0.1) is 0 Å². The number of nitrogens with one attached hydrogen (secondary N) is 1. The molecule has 1 aromatic rings. The quantitative estimate of drug-likeness (QED) is 0.752. The molecular formula is C14H18BrCl2NO. The van der Waals surface area contributed by atoms with E-state index in [0.29, 0.717) is 15.6 Å². The molecule has 106 valence electrons. The van der Waals surface area contributed by atoms with Crippen LogP contribution in [0.25, 0.3) is 0 Å². The van der Waals surface area contributed by atoms with Crippen LogP contribution in [0, 0.1) is 5.41 Å². The standard InChI is InChI=1S/C14H18BrCl2NO/c1-14(2,3)12(6-7-15)18-13(19)9-4-5-10(16)11(17)8-9/h4-5,8,12H,6-7H2,1-3H3,(H,18,19). The smallest absolute Gasteiger partial charge is 0.251 e. The van der Waals surface area contributed by atoms with E-state index in [0.717, 1.165) is 11.8 Å². The van der Waals surface area contributed by atoms with Crippen molar-refractivity contribution in [1.82, 2.24) is 5.32 Å². The highest BCUT2D eigenvalue weighted by Crippen LogP contribution is 2.25. The summed E-state index contributed by atoms with van der Waals surface area (Å²) in [5.41, 5.74) is 0.526. The van der Waals surface area contributed by atoms with Gasteiger partial charge in [-0.05, 0) is 30.0 Å². The van der Waals surface area contributed by atoms with Crippen molar-refractivity contribution in [3.05, 3.63) is 33.8 Å². The molecule has 1 unspecified atom stereocenters. The molecule has 0 fully saturated rings. The third-order valence-electron chi connectivity index (χ3n) is 2.93. The highest BCUT2D eigenvalue weighted by atomic mass is 79.9. The van der Waals surface area contributed by atoms with Crippen molar-refractivity contribution in [1.29, 1.82) is 0 Å². The zero-order valence-corrected chi connectivity index (χ0v) is 14.4. The molecule has 2 nitrogen and oxygen atoms in total. The molecule has 1 rings (SSSR count). The van der Waals surface area contributed by atoms with Gasteiger partial charge < -0.3 is 5.32 Å². The van der Waals surface area contributed by atoms with Crippen molar-refractivity contribution in [2.45, 2.75) is 33.2 Å². The van der Waals surface area contributed by atoms with Crippen molar-refractivity contribution >= 4 is 45.0 Å². The van der Waals surface area contributed by atoms with E-state index < -0.39 is 0 Å². The lowest BCUT2D eigenvalue weighted by atomic mass is 9.85. The summed E-state index contributed by atoms with van der Waals surface area (Å²) in [6.07, 6.45) is 0.872. The van der Waals surface area contributed by atoms with Gasteiger partial charge in [0.25, 0.3) is 5.91 Å². The fraction of sp³-hybridized carbons (Fsp3) is 0.500. The summed E-state index contributed by atoms with van der Waals surface area (Å²) in [6.45, 7) is 6.32. The van der Waals surface area contributed by atoms with E-state index in [1.54, 1.807) is 18.2 Å². The fourth-order valence-corrected chi connectivity index (χ4v) is 2.47. The number of alkyl halides is 1. The van der Waals surface area contributed by atoms with E-state index >= 15 is 0 Å². The van der Waals surface area contributed by atoms with E-state index in [-0.39, 0.29) is 17.4 Å². The van der Waals surface area contributed by atoms with Crippen LogP contribution < -0.4 is 5.32 Å². The van der Waals surface area contributed by atoms with E-state index in [9.17, 15) is 4.79 Å². The summed E-state index contributed by atoms with van der Waals surface area (Å²) in [5, 5.41) is 4.73. The first-order valence-corrected chi connectivity index (χ1v) is 7.95. The van der Waals surface area contributed by atoms with Gasteiger partial charge in [0.2, 0.25) is 0 Å². The van der Waals surface area contributed by atoms with E-state index in [4.69, 9.17) is 23.2 Å². The molecule has 1 aromatic carbocycles. The molecule has 0 aliphatic heterocycles. The molecule has 5 heteroatoms. The van der Waals surface area contributed by atoms with Crippen LogP contribution >= 0.6 is 39.1 Å². The first-order valence-electron chi connectivity index (χ1n) is 6.07. The van der Waals surface area contributed by atoms with Gasteiger partial charge >= 0.3 is 0 Å². The lowest BCUT2D eigenvalue weighted by Crippen LogP contribution is -2.44. The second-order valence-corrected chi connectivity index (χ2v) is 7.11. The largest absolute Gasteiger partial charge is 0.349 e. The van der Waals surface area contributed by atoms with Crippen LogP contribution in [0.4, 0.5) is 0 Å². The summed E-state index contributed by atoms with van der Waals surface area (Å²) in [7, 11) is 0. The van der Waals surface area contributed by atoms with Gasteiger partial charge in [-0.25, -0.2) is 0 Å². The number of halogens is 3. The zero-order valence-electron chi connectivity index (χ0n) is 11.3. The molecule has 1 amide bonds. The van der Waals surface area contributed by atoms with Crippen LogP contribution in [0.3, 0.4) is 0 Å². The number of rotatable bonds is 4. The Bertz CT molecular complexity index is 457. The van der Waals surface area contributed by atoms with Gasteiger partial charge in [0.05, 0.1) is 10.0 Å². The monoisotopic (exact) mass is 365 g/mol. The Labute approximate surface area is 133 Å². The van der Waals surface area contributed by atoms with E-state index in [2.05, 4.69) is 42.0 Å². The molecule has 0 spiro atoms. The second-order valence-electron chi connectivity index (χ2n) is 5.50. The molecular weight excluding hydrogens is 349 g/mol. The molecule has 19 heavy (non-hydrogen) atoms. The lowest BCUT2D eigenvalue weighted by molar-refractivity contribution is 0.0901. The normalized spacial score (nSPS) is 13.2.